The van der Waals surface area contributed by atoms with Crippen LogP contribution in [0.3, 0.4) is 0 Å². The average molecular weight is 200 g/mol. The van der Waals surface area contributed by atoms with Gasteiger partial charge >= 0.3 is 0 Å². The van der Waals surface area contributed by atoms with Gasteiger partial charge in [-0.15, -0.1) is 0 Å². The Morgan fingerprint density at radius 2 is 2.31 bits per heavy atom. The molecule has 0 aliphatic rings. The number of benzene rings is 1. The monoisotopic (exact) mass is 199 g/mol. The molecular formula is C10H11ClFN. The van der Waals surface area contributed by atoms with Crippen LogP contribution in [0.2, 0.25) is 5.02 Å². The Labute approximate surface area is 82.2 Å². The highest BCUT2D eigenvalue weighted by molar-refractivity contribution is 6.31. The Morgan fingerprint density at radius 3 is 2.92 bits per heavy atom. The third-order valence-corrected chi connectivity index (χ3v) is 1.87. The van der Waals surface area contributed by atoms with Gasteiger partial charge in [-0.25, -0.2) is 4.39 Å². The van der Waals surface area contributed by atoms with Crippen molar-refractivity contribution >= 4 is 17.3 Å². The maximum atomic E-state index is 12.7. The van der Waals surface area contributed by atoms with Gasteiger partial charge in [0.2, 0.25) is 0 Å². The molecule has 0 heterocycles. The highest BCUT2D eigenvalue weighted by Crippen LogP contribution is 2.18. The van der Waals surface area contributed by atoms with Gasteiger partial charge in [0, 0.05) is 12.2 Å². The zero-order valence-corrected chi connectivity index (χ0v) is 8.11. The van der Waals surface area contributed by atoms with Crippen LogP contribution in [0.5, 0.6) is 0 Å². The highest BCUT2D eigenvalue weighted by Gasteiger charge is 1.98. The second kappa shape index (κ2) is 4.87. The van der Waals surface area contributed by atoms with Gasteiger partial charge in [0.1, 0.15) is 5.82 Å². The number of halogens is 2. The number of rotatable bonds is 3. The van der Waals surface area contributed by atoms with Gasteiger partial charge in [0.25, 0.3) is 0 Å². The molecule has 0 bridgehead atoms. The molecule has 1 N–H and O–H groups in total. The van der Waals surface area contributed by atoms with Crippen molar-refractivity contribution < 1.29 is 4.39 Å². The van der Waals surface area contributed by atoms with E-state index in [0.29, 0.717) is 0 Å². The van der Waals surface area contributed by atoms with Crippen molar-refractivity contribution in [2.45, 2.75) is 6.92 Å². The van der Waals surface area contributed by atoms with Crippen LogP contribution in [-0.2, 0) is 0 Å². The number of anilines is 1. The van der Waals surface area contributed by atoms with Crippen molar-refractivity contribution in [1.29, 1.82) is 0 Å². The Morgan fingerprint density at radius 1 is 1.54 bits per heavy atom. The van der Waals surface area contributed by atoms with Crippen LogP contribution in [-0.4, -0.2) is 6.54 Å². The normalized spacial score (nSPS) is 10.7. The van der Waals surface area contributed by atoms with Gasteiger partial charge in [-0.3, -0.25) is 0 Å². The van der Waals surface area contributed by atoms with E-state index in [0.717, 1.165) is 12.2 Å². The van der Waals surface area contributed by atoms with Crippen LogP contribution >= 0.6 is 11.6 Å². The van der Waals surface area contributed by atoms with Gasteiger partial charge in [-0.1, -0.05) is 23.8 Å². The van der Waals surface area contributed by atoms with Crippen molar-refractivity contribution in [3.05, 3.63) is 41.2 Å². The fraction of sp³-hybridized carbons (Fsp3) is 0.200. The number of allylic oxidation sites excluding steroid dienone is 1. The second-order valence-corrected chi connectivity index (χ2v) is 2.99. The van der Waals surface area contributed by atoms with Crippen molar-refractivity contribution in [1.82, 2.24) is 0 Å². The first-order chi connectivity index (χ1) is 6.24. The summed E-state index contributed by atoms with van der Waals surface area (Å²) in [5, 5.41) is 3.22. The van der Waals surface area contributed by atoms with Gasteiger partial charge in [0.05, 0.1) is 5.02 Å². The summed E-state index contributed by atoms with van der Waals surface area (Å²) in [5.41, 5.74) is 0.824. The summed E-state index contributed by atoms with van der Waals surface area (Å²) in [5.74, 6) is -0.391. The fourth-order valence-corrected chi connectivity index (χ4v) is 1.08. The third-order valence-electron chi connectivity index (χ3n) is 1.58. The quantitative estimate of drug-likeness (QED) is 0.736. The van der Waals surface area contributed by atoms with E-state index in [2.05, 4.69) is 5.32 Å². The highest BCUT2D eigenvalue weighted by atomic mass is 35.5. The summed E-state index contributed by atoms with van der Waals surface area (Å²) in [6.07, 6.45) is 3.91. The topological polar surface area (TPSA) is 12.0 Å². The van der Waals surface area contributed by atoms with Crippen molar-refractivity contribution in [2.24, 2.45) is 0 Å². The van der Waals surface area contributed by atoms with Crippen LogP contribution in [0.15, 0.2) is 30.4 Å². The minimum absolute atomic E-state index is 0.144. The maximum absolute atomic E-state index is 12.7. The number of nitrogens with one attached hydrogen (secondary N) is 1. The zero-order valence-electron chi connectivity index (χ0n) is 7.35. The molecule has 0 spiro atoms. The van der Waals surface area contributed by atoms with Crippen molar-refractivity contribution in [3.8, 4) is 0 Å². The van der Waals surface area contributed by atoms with E-state index >= 15 is 0 Å². The zero-order chi connectivity index (χ0) is 9.68. The van der Waals surface area contributed by atoms with E-state index in [9.17, 15) is 4.39 Å². The fourth-order valence-electron chi connectivity index (χ4n) is 0.901. The molecule has 70 valence electrons. The second-order valence-electron chi connectivity index (χ2n) is 2.58. The molecule has 0 aliphatic heterocycles. The molecule has 0 unspecified atom stereocenters. The van der Waals surface area contributed by atoms with Gasteiger partial charge in [0.15, 0.2) is 0 Å². The summed E-state index contributed by atoms with van der Waals surface area (Å²) in [6, 6.07) is 4.57. The molecule has 0 amide bonds. The van der Waals surface area contributed by atoms with Crippen LogP contribution in [0, 0.1) is 5.82 Å². The summed E-state index contributed by atoms with van der Waals surface area (Å²) in [7, 11) is 0. The average Bonchev–Trinajstić information content (AvgIpc) is 2.12. The lowest BCUT2D eigenvalue weighted by molar-refractivity contribution is 0.628. The predicted molar refractivity (Wildman–Crippen MR) is 54.7 cm³/mol. The van der Waals surface area contributed by atoms with E-state index in [4.69, 9.17) is 11.6 Å². The van der Waals surface area contributed by atoms with E-state index < -0.39 is 5.82 Å². The largest absolute Gasteiger partial charge is 0.382 e. The van der Waals surface area contributed by atoms with Crippen LogP contribution in [0.4, 0.5) is 10.1 Å². The first-order valence-electron chi connectivity index (χ1n) is 4.04. The Hall–Kier alpha value is -1.02. The first kappa shape index (κ1) is 10.1. The molecule has 3 heteroatoms. The molecule has 0 aliphatic carbocycles. The molecule has 1 aromatic rings. The van der Waals surface area contributed by atoms with E-state index in [1.807, 2.05) is 19.1 Å². The molecule has 0 aromatic heterocycles. The maximum Gasteiger partial charge on any atom is 0.141 e. The lowest BCUT2D eigenvalue weighted by Crippen LogP contribution is -1.97. The molecule has 1 rings (SSSR count). The van der Waals surface area contributed by atoms with Gasteiger partial charge < -0.3 is 5.32 Å². The van der Waals surface area contributed by atoms with Crippen molar-refractivity contribution in [2.75, 3.05) is 11.9 Å². The van der Waals surface area contributed by atoms with E-state index in [-0.39, 0.29) is 5.02 Å². The Bertz CT molecular complexity index is 310. The standard InChI is InChI=1S/C10H11ClFN/c1-2-3-6-13-8-4-5-10(12)9(11)7-8/h2-5,7,13H,6H2,1H3/b3-2+. The predicted octanol–water partition coefficient (Wildman–Crippen LogP) is 3.47. The van der Waals surface area contributed by atoms with Gasteiger partial charge in [-0.05, 0) is 25.1 Å². The first-order valence-corrected chi connectivity index (χ1v) is 4.42. The molecule has 0 saturated carbocycles. The third kappa shape index (κ3) is 3.07. The lowest BCUT2D eigenvalue weighted by Gasteiger charge is -2.03. The Balaban J connectivity index is 2.63. The molecular weight excluding hydrogens is 189 g/mol. The Kier molecular flexibility index (Phi) is 3.77. The molecule has 0 saturated heterocycles. The summed E-state index contributed by atoms with van der Waals surface area (Å²) < 4.78 is 12.7. The van der Waals surface area contributed by atoms with E-state index in [1.165, 1.54) is 6.07 Å². The van der Waals surface area contributed by atoms with Gasteiger partial charge in [-0.2, -0.15) is 0 Å². The summed E-state index contributed by atoms with van der Waals surface area (Å²) >= 11 is 5.59. The summed E-state index contributed by atoms with van der Waals surface area (Å²) in [4.78, 5) is 0. The number of hydrogen-bond acceptors (Lipinski definition) is 1. The molecule has 0 atom stereocenters. The number of hydrogen-bond donors (Lipinski definition) is 1. The molecule has 1 aromatic carbocycles. The van der Waals surface area contributed by atoms with E-state index in [1.54, 1.807) is 12.1 Å². The molecule has 13 heavy (non-hydrogen) atoms. The minimum atomic E-state index is -0.391. The minimum Gasteiger partial charge on any atom is -0.382 e. The summed E-state index contributed by atoms with van der Waals surface area (Å²) in [6.45, 7) is 2.66. The van der Waals surface area contributed by atoms with Crippen LogP contribution in [0.25, 0.3) is 0 Å². The smallest absolute Gasteiger partial charge is 0.141 e. The lowest BCUT2D eigenvalue weighted by atomic mass is 10.3. The molecule has 0 radical (unpaired) electrons. The van der Waals surface area contributed by atoms with Crippen LogP contribution in [0.1, 0.15) is 6.92 Å². The SMILES string of the molecule is C/C=C/CNc1ccc(F)c(Cl)c1. The molecule has 0 fully saturated rings. The van der Waals surface area contributed by atoms with Crippen LogP contribution < -0.4 is 5.32 Å². The molecule has 1 nitrogen and oxygen atoms in total. The van der Waals surface area contributed by atoms with Crippen molar-refractivity contribution in [3.63, 3.8) is 0 Å².